The number of aromatic nitrogens is 6. The van der Waals surface area contributed by atoms with Crippen LogP contribution >= 0.6 is 11.8 Å². The first kappa shape index (κ1) is 21.6. The molecule has 0 bridgehead atoms. The van der Waals surface area contributed by atoms with E-state index < -0.39 is 0 Å². The maximum absolute atomic E-state index is 14.6. The molecule has 7 nitrogen and oxygen atoms in total. The van der Waals surface area contributed by atoms with Crippen LogP contribution in [0.5, 0.6) is 0 Å². The number of hydrogen-bond acceptors (Lipinski definition) is 6. The number of benzene rings is 3. The fourth-order valence-electron chi connectivity index (χ4n) is 3.42. The minimum absolute atomic E-state index is 0.356. The van der Waals surface area contributed by atoms with Gasteiger partial charge in [-0.1, -0.05) is 54.6 Å². The van der Waals surface area contributed by atoms with Crippen molar-refractivity contribution in [2.24, 2.45) is 0 Å². The molecule has 0 amide bonds. The van der Waals surface area contributed by atoms with Crippen LogP contribution in [0.3, 0.4) is 0 Å². The van der Waals surface area contributed by atoms with E-state index in [-0.39, 0.29) is 5.82 Å². The summed E-state index contributed by atoms with van der Waals surface area (Å²) in [4.78, 5) is 1.49. The van der Waals surface area contributed by atoms with Gasteiger partial charge in [-0.2, -0.15) is 15.2 Å². The van der Waals surface area contributed by atoms with Crippen LogP contribution in [-0.2, 0) is 12.3 Å². The van der Waals surface area contributed by atoms with Crippen molar-refractivity contribution in [1.82, 2.24) is 30.0 Å². The van der Waals surface area contributed by atoms with E-state index in [0.717, 1.165) is 16.2 Å². The summed E-state index contributed by atoms with van der Waals surface area (Å²) in [5.74, 6) is 0.718. The van der Waals surface area contributed by atoms with Gasteiger partial charge in [0.1, 0.15) is 16.5 Å². The van der Waals surface area contributed by atoms with E-state index in [1.54, 1.807) is 41.2 Å². The number of tetrazole rings is 1. The Bertz CT molecular complexity index is 1450. The summed E-state index contributed by atoms with van der Waals surface area (Å²) in [5.41, 5.74) is 3.71. The third-order valence-electron chi connectivity index (χ3n) is 5.12. The average Bonchev–Trinajstić information content (AvgIpc) is 3.51. The second kappa shape index (κ2) is 9.68. The molecule has 166 valence electrons. The molecule has 0 atom stereocenters. The van der Waals surface area contributed by atoms with Crippen LogP contribution in [0.25, 0.3) is 17.1 Å². The first-order valence-electron chi connectivity index (χ1n) is 10.5. The lowest BCUT2D eigenvalue weighted by molar-refractivity contribution is 0.573. The smallest absolute Gasteiger partial charge is 0.209 e. The van der Waals surface area contributed by atoms with Gasteiger partial charge in [0.15, 0.2) is 0 Å². The van der Waals surface area contributed by atoms with Gasteiger partial charge in [0, 0.05) is 5.75 Å². The van der Waals surface area contributed by atoms with E-state index >= 15 is 0 Å². The van der Waals surface area contributed by atoms with E-state index in [1.807, 2.05) is 42.5 Å². The van der Waals surface area contributed by atoms with E-state index in [4.69, 9.17) is 5.26 Å². The molecule has 0 fully saturated rings. The van der Waals surface area contributed by atoms with Gasteiger partial charge in [0.25, 0.3) is 0 Å². The molecule has 5 rings (SSSR count). The lowest BCUT2D eigenvalue weighted by Gasteiger charge is -2.09. The lowest BCUT2D eigenvalue weighted by Crippen LogP contribution is -2.04. The zero-order valence-corrected chi connectivity index (χ0v) is 18.7. The number of rotatable bonds is 7. The van der Waals surface area contributed by atoms with Crippen molar-refractivity contribution in [3.63, 3.8) is 0 Å². The molecule has 0 aliphatic rings. The van der Waals surface area contributed by atoms with Gasteiger partial charge < -0.3 is 0 Å². The van der Waals surface area contributed by atoms with Crippen molar-refractivity contribution >= 4 is 11.8 Å². The topological polar surface area (TPSA) is 85.2 Å². The lowest BCUT2D eigenvalue weighted by atomic mass is 10.1. The number of thioether (sulfide) groups is 1. The summed E-state index contributed by atoms with van der Waals surface area (Å²) >= 11 is 1.54. The van der Waals surface area contributed by atoms with Gasteiger partial charge in [-0.15, -0.1) is 22.0 Å². The molecule has 2 aromatic heterocycles. The summed E-state index contributed by atoms with van der Waals surface area (Å²) in [6.07, 6.45) is 1.64. The highest BCUT2D eigenvalue weighted by molar-refractivity contribution is 7.98. The molecule has 0 saturated heterocycles. The van der Waals surface area contributed by atoms with Crippen LogP contribution < -0.4 is 0 Å². The van der Waals surface area contributed by atoms with E-state index in [2.05, 4.69) is 26.6 Å². The molecule has 0 unspecified atom stereocenters. The van der Waals surface area contributed by atoms with Gasteiger partial charge in [0.2, 0.25) is 5.82 Å². The summed E-state index contributed by atoms with van der Waals surface area (Å²) in [6, 6.07) is 25.9. The van der Waals surface area contributed by atoms with Crippen molar-refractivity contribution < 1.29 is 4.39 Å². The molecule has 0 N–H and O–H groups in total. The number of para-hydroxylation sites is 1. The van der Waals surface area contributed by atoms with Crippen molar-refractivity contribution in [3.05, 3.63) is 108 Å². The molecule has 34 heavy (non-hydrogen) atoms. The molecule has 3 aromatic carbocycles. The van der Waals surface area contributed by atoms with Crippen molar-refractivity contribution in [3.8, 4) is 23.1 Å². The Morgan fingerprint density at radius 2 is 1.68 bits per heavy atom. The minimum Gasteiger partial charge on any atom is -0.223 e. The molecular weight excluding hydrogens is 449 g/mol. The molecular formula is C25H18FN7S. The Hall–Kier alpha value is -4.29. The standard InChI is InChI=1S/C25H18FN7S/c26-22-8-4-5-9-23(22)33-25(34-17-20-6-2-1-3-7-20)21(15-28-33)24-29-31-32(30-24)16-19-12-10-18(14-27)11-13-19/h1-13,15H,16-17H2. The number of nitriles is 1. The predicted octanol–water partition coefficient (Wildman–Crippen LogP) is 4.88. The van der Waals surface area contributed by atoms with Gasteiger partial charge in [-0.25, -0.2) is 9.07 Å². The summed E-state index contributed by atoms with van der Waals surface area (Å²) in [5, 5.41) is 27.1. The molecule has 0 aliphatic heterocycles. The highest BCUT2D eigenvalue weighted by atomic mass is 32.2. The van der Waals surface area contributed by atoms with Gasteiger partial charge >= 0.3 is 0 Å². The Kier molecular flexibility index (Phi) is 6.14. The van der Waals surface area contributed by atoms with Crippen molar-refractivity contribution in [2.75, 3.05) is 0 Å². The predicted molar refractivity (Wildman–Crippen MR) is 127 cm³/mol. The molecule has 9 heteroatoms. The maximum Gasteiger partial charge on any atom is 0.209 e. The van der Waals surface area contributed by atoms with Crippen LogP contribution in [0.2, 0.25) is 0 Å². The van der Waals surface area contributed by atoms with Gasteiger partial charge in [-0.05, 0) is 40.6 Å². The molecule has 2 heterocycles. The second-order valence-corrected chi connectivity index (χ2v) is 8.42. The van der Waals surface area contributed by atoms with E-state index in [9.17, 15) is 4.39 Å². The summed E-state index contributed by atoms with van der Waals surface area (Å²) < 4.78 is 16.2. The quantitative estimate of drug-likeness (QED) is 0.317. The Morgan fingerprint density at radius 3 is 2.44 bits per heavy atom. The maximum atomic E-state index is 14.6. The number of nitrogens with zero attached hydrogens (tertiary/aromatic N) is 7. The first-order chi connectivity index (χ1) is 16.7. The zero-order chi connectivity index (χ0) is 23.3. The normalized spacial score (nSPS) is 10.8. The van der Waals surface area contributed by atoms with Crippen LogP contribution in [0.15, 0.2) is 90.1 Å². The first-order valence-corrected chi connectivity index (χ1v) is 11.5. The number of halogens is 1. The van der Waals surface area contributed by atoms with Crippen LogP contribution in [0.4, 0.5) is 4.39 Å². The van der Waals surface area contributed by atoms with Gasteiger partial charge in [-0.3, -0.25) is 0 Å². The third-order valence-corrected chi connectivity index (χ3v) is 6.27. The Balaban J connectivity index is 1.47. The monoisotopic (exact) mass is 467 g/mol. The molecule has 0 saturated carbocycles. The largest absolute Gasteiger partial charge is 0.223 e. The zero-order valence-electron chi connectivity index (χ0n) is 17.9. The number of hydrogen-bond donors (Lipinski definition) is 0. The molecule has 5 aromatic rings. The third kappa shape index (κ3) is 4.58. The van der Waals surface area contributed by atoms with Crippen molar-refractivity contribution in [2.45, 2.75) is 17.3 Å². The fourth-order valence-corrected chi connectivity index (χ4v) is 4.48. The minimum atomic E-state index is -0.365. The highest BCUT2D eigenvalue weighted by Crippen LogP contribution is 2.34. The van der Waals surface area contributed by atoms with Crippen LogP contribution in [0.1, 0.15) is 16.7 Å². The molecule has 0 radical (unpaired) electrons. The van der Waals surface area contributed by atoms with Crippen LogP contribution in [0, 0.1) is 17.1 Å². The average molecular weight is 468 g/mol. The van der Waals surface area contributed by atoms with E-state index in [0.29, 0.717) is 34.9 Å². The Labute approximate surface area is 199 Å². The molecule has 0 spiro atoms. The Morgan fingerprint density at radius 1 is 0.912 bits per heavy atom. The van der Waals surface area contributed by atoms with Crippen molar-refractivity contribution in [1.29, 1.82) is 5.26 Å². The second-order valence-electron chi connectivity index (χ2n) is 7.45. The van der Waals surface area contributed by atoms with E-state index in [1.165, 1.54) is 22.6 Å². The summed E-state index contributed by atoms with van der Waals surface area (Å²) in [7, 11) is 0. The molecule has 0 aliphatic carbocycles. The SMILES string of the molecule is N#Cc1ccc(Cn2nnc(-c3cnn(-c4ccccc4F)c3SCc3ccccc3)n2)cc1. The summed E-state index contributed by atoms with van der Waals surface area (Å²) in [6.45, 7) is 0.409. The fraction of sp³-hybridized carbons (Fsp3) is 0.0800. The van der Waals surface area contributed by atoms with Gasteiger partial charge in [0.05, 0.1) is 29.9 Å². The highest BCUT2D eigenvalue weighted by Gasteiger charge is 2.20. The van der Waals surface area contributed by atoms with Crippen LogP contribution in [-0.4, -0.2) is 30.0 Å².